The monoisotopic (exact) mass is 251 g/mol. The van der Waals surface area contributed by atoms with Gasteiger partial charge in [0.1, 0.15) is 5.56 Å². The molecule has 0 aliphatic rings. The first kappa shape index (κ1) is 13.1. The largest absolute Gasteiger partial charge is 0.573 e. The van der Waals surface area contributed by atoms with Gasteiger partial charge >= 0.3 is 12.3 Å². The molecular formula is C9H8F3NO4. The number of pyridine rings is 1. The summed E-state index contributed by atoms with van der Waals surface area (Å²) in [4.78, 5) is 14.4. The summed E-state index contributed by atoms with van der Waals surface area (Å²) in [7, 11) is 1.12. The van der Waals surface area contributed by atoms with Crippen molar-refractivity contribution >= 4 is 5.97 Å². The summed E-state index contributed by atoms with van der Waals surface area (Å²) in [5.41, 5.74) is -0.905. The molecule has 1 aromatic rings. The molecule has 0 amide bonds. The highest BCUT2D eigenvalue weighted by molar-refractivity contribution is 5.94. The van der Waals surface area contributed by atoms with Gasteiger partial charge in [-0.3, -0.25) is 4.98 Å². The van der Waals surface area contributed by atoms with Crippen molar-refractivity contribution < 1.29 is 32.5 Å². The third-order valence-electron chi connectivity index (χ3n) is 1.83. The maximum Gasteiger partial charge on any atom is 0.573 e. The number of aromatic nitrogens is 1. The number of nitrogens with zero attached hydrogens (tertiary/aromatic N) is 1. The molecule has 0 saturated carbocycles. The molecule has 17 heavy (non-hydrogen) atoms. The van der Waals surface area contributed by atoms with Crippen molar-refractivity contribution in [1.29, 1.82) is 0 Å². The van der Waals surface area contributed by atoms with Crippen LogP contribution in [0, 0.1) is 6.92 Å². The number of halogens is 3. The Balaban J connectivity index is 3.39. The lowest BCUT2D eigenvalue weighted by atomic mass is 10.2. The number of aromatic carboxylic acids is 1. The van der Waals surface area contributed by atoms with Crippen molar-refractivity contribution in [2.24, 2.45) is 0 Å². The third kappa shape index (κ3) is 2.99. The van der Waals surface area contributed by atoms with Crippen molar-refractivity contribution in [2.45, 2.75) is 13.3 Å². The first-order valence-corrected chi connectivity index (χ1v) is 4.29. The molecule has 1 heterocycles. The molecule has 0 aliphatic heterocycles. The number of ether oxygens (including phenoxy) is 2. The molecule has 94 valence electrons. The first-order valence-electron chi connectivity index (χ1n) is 4.29. The van der Waals surface area contributed by atoms with Crippen LogP contribution in [0.15, 0.2) is 6.20 Å². The van der Waals surface area contributed by atoms with E-state index in [-0.39, 0.29) is 11.4 Å². The Hall–Kier alpha value is -1.99. The molecule has 0 aromatic carbocycles. The molecule has 5 nitrogen and oxygen atoms in total. The van der Waals surface area contributed by atoms with Gasteiger partial charge in [-0.1, -0.05) is 0 Å². The van der Waals surface area contributed by atoms with Crippen LogP contribution in [0.2, 0.25) is 0 Å². The van der Waals surface area contributed by atoms with Gasteiger partial charge in [0, 0.05) is 0 Å². The summed E-state index contributed by atoms with van der Waals surface area (Å²) in [5, 5.41) is 8.84. The molecule has 1 N–H and O–H groups in total. The maximum absolute atomic E-state index is 12.1. The van der Waals surface area contributed by atoms with Crippen molar-refractivity contribution in [2.75, 3.05) is 7.11 Å². The molecule has 1 aromatic heterocycles. The minimum Gasteiger partial charge on any atom is -0.494 e. The molecule has 0 atom stereocenters. The summed E-state index contributed by atoms with van der Waals surface area (Å²) >= 11 is 0. The molecule has 0 fully saturated rings. The maximum atomic E-state index is 12.1. The lowest BCUT2D eigenvalue weighted by molar-refractivity contribution is -0.275. The number of hydrogen-bond acceptors (Lipinski definition) is 4. The van der Waals surface area contributed by atoms with E-state index in [0.29, 0.717) is 0 Å². The van der Waals surface area contributed by atoms with Gasteiger partial charge in [0.05, 0.1) is 19.0 Å². The fourth-order valence-electron chi connectivity index (χ4n) is 1.17. The predicted octanol–water partition coefficient (Wildman–Crippen LogP) is 2.00. The van der Waals surface area contributed by atoms with Gasteiger partial charge in [-0.25, -0.2) is 4.79 Å². The van der Waals surface area contributed by atoms with Crippen LogP contribution in [-0.2, 0) is 0 Å². The van der Waals surface area contributed by atoms with Crippen LogP contribution in [0.3, 0.4) is 0 Å². The minimum absolute atomic E-state index is 0.194. The van der Waals surface area contributed by atoms with Crippen molar-refractivity contribution in [3.63, 3.8) is 0 Å². The Morgan fingerprint density at radius 2 is 2.06 bits per heavy atom. The zero-order valence-corrected chi connectivity index (χ0v) is 8.83. The molecular weight excluding hydrogens is 243 g/mol. The van der Waals surface area contributed by atoms with E-state index in [2.05, 4.69) is 14.5 Å². The van der Waals surface area contributed by atoms with Crippen LogP contribution in [0.5, 0.6) is 11.5 Å². The second kappa shape index (κ2) is 4.48. The Morgan fingerprint density at radius 1 is 1.47 bits per heavy atom. The standard InChI is InChI=1S/C9H8F3NO4/c1-4-7(17-9(10,11)12)6(8(14)15)5(16-2)3-13-4/h3H,1-2H3,(H,14,15). The van der Waals surface area contributed by atoms with Gasteiger partial charge in [0.15, 0.2) is 11.5 Å². The van der Waals surface area contributed by atoms with Gasteiger partial charge in [-0.15, -0.1) is 13.2 Å². The number of carboxylic acid groups (broad SMARTS) is 1. The van der Waals surface area contributed by atoms with Crippen LogP contribution >= 0.6 is 0 Å². The highest BCUT2D eigenvalue weighted by Crippen LogP contribution is 2.34. The van der Waals surface area contributed by atoms with Crippen molar-refractivity contribution in [3.05, 3.63) is 17.5 Å². The van der Waals surface area contributed by atoms with E-state index >= 15 is 0 Å². The molecule has 0 bridgehead atoms. The Morgan fingerprint density at radius 3 is 2.47 bits per heavy atom. The number of methoxy groups -OCH3 is 1. The molecule has 0 spiro atoms. The van der Waals surface area contributed by atoms with Crippen LogP contribution in [0.4, 0.5) is 13.2 Å². The fourth-order valence-corrected chi connectivity index (χ4v) is 1.17. The second-order valence-corrected chi connectivity index (χ2v) is 2.97. The smallest absolute Gasteiger partial charge is 0.494 e. The Kier molecular flexibility index (Phi) is 3.45. The summed E-state index contributed by atoms with van der Waals surface area (Å²) in [5.74, 6) is -2.77. The number of carboxylic acids is 1. The van der Waals surface area contributed by atoms with Crippen molar-refractivity contribution in [3.8, 4) is 11.5 Å². The topological polar surface area (TPSA) is 68.7 Å². The number of hydrogen-bond donors (Lipinski definition) is 1. The number of rotatable bonds is 3. The van der Waals surface area contributed by atoms with E-state index in [1.54, 1.807) is 0 Å². The predicted molar refractivity (Wildman–Crippen MR) is 49.2 cm³/mol. The van der Waals surface area contributed by atoms with Crippen LogP contribution in [-0.4, -0.2) is 29.5 Å². The van der Waals surface area contributed by atoms with E-state index in [0.717, 1.165) is 13.3 Å². The van der Waals surface area contributed by atoms with Crippen LogP contribution in [0.25, 0.3) is 0 Å². The molecule has 0 aliphatic carbocycles. The quantitative estimate of drug-likeness (QED) is 0.889. The molecule has 0 unspecified atom stereocenters. The van der Waals surface area contributed by atoms with Gasteiger partial charge in [0.25, 0.3) is 0 Å². The van der Waals surface area contributed by atoms with E-state index in [9.17, 15) is 18.0 Å². The number of aryl methyl sites for hydroxylation is 1. The molecule has 8 heteroatoms. The lowest BCUT2D eigenvalue weighted by Gasteiger charge is -2.14. The van der Waals surface area contributed by atoms with Gasteiger partial charge in [-0.05, 0) is 6.92 Å². The normalized spacial score (nSPS) is 11.1. The first-order chi connectivity index (χ1) is 7.76. The highest BCUT2D eigenvalue weighted by Gasteiger charge is 2.35. The van der Waals surface area contributed by atoms with Gasteiger partial charge in [-0.2, -0.15) is 0 Å². The Bertz CT molecular complexity index is 445. The van der Waals surface area contributed by atoms with E-state index in [1.807, 2.05) is 0 Å². The summed E-state index contributed by atoms with van der Waals surface area (Å²) in [6.07, 6.45) is -3.98. The molecule has 0 saturated heterocycles. The second-order valence-electron chi connectivity index (χ2n) is 2.97. The lowest BCUT2D eigenvalue weighted by Crippen LogP contribution is -2.20. The zero-order chi connectivity index (χ0) is 13.2. The summed E-state index contributed by atoms with van der Waals surface area (Å²) in [6, 6.07) is 0. The van der Waals surface area contributed by atoms with Gasteiger partial charge < -0.3 is 14.6 Å². The third-order valence-corrected chi connectivity index (χ3v) is 1.83. The van der Waals surface area contributed by atoms with Crippen molar-refractivity contribution in [1.82, 2.24) is 4.98 Å². The summed E-state index contributed by atoms with van der Waals surface area (Å²) in [6.45, 7) is 1.20. The highest BCUT2D eigenvalue weighted by atomic mass is 19.4. The average Bonchev–Trinajstić information content (AvgIpc) is 2.18. The molecule has 1 rings (SSSR count). The van der Waals surface area contributed by atoms with E-state index in [4.69, 9.17) is 5.11 Å². The summed E-state index contributed by atoms with van der Waals surface area (Å²) < 4.78 is 44.6. The minimum atomic E-state index is -5.00. The van der Waals surface area contributed by atoms with Crippen LogP contribution in [0.1, 0.15) is 16.1 Å². The zero-order valence-electron chi connectivity index (χ0n) is 8.83. The number of alkyl halides is 3. The average molecular weight is 251 g/mol. The molecule has 0 radical (unpaired) electrons. The Labute approximate surface area is 93.8 Å². The SMILES string of the molecule is COc1cnc(C)c(OC(F)(F)F)c1C(=O)O. The van der Waals surface area contributed by atoms with E-state index in [1.165, 1.54) is 6.92 Å². The number of carbonyl (C=O) groups is 1. The van der Waals surface area contributed by atoms with Crippen LogP contribution < -0.4 is 9.47 Å². The van der Waals surface area contributed by atoms with E-state index < -0.39 is 23.6 Å². The fraction of sp³-hybridized carbons (Fsp3) is 0.333. The van der Waals surface area contributed by atoms with Gasteiger partial charge in [0.2, 0.25) is 0 Å².